The van der Waals surface area contributed by atoms with Crippen LogP contribution < -0.4 is 5.32 Å². The van der Waals surface area contributed by atoms with E-state index in [9.17, 15) is 14.0 Å². The average molecular weight is 464 g/mol. The SMILES string of the molecule is Cc1nc(C(=O)N2CCCC(NC(=O)c3cccc4occc34)C2)c(-c2ccc(F)cc2)s1. The molecule has 1 aliphatic rings. The highest BCUT2D eigenvalue weighted by Gasteiger charge is 2.29. The third-order valence-electron chi connectivity index (χ3n) is 5.83. The predicted molar refractivity (Wildman–Crippen MR) is 125 cm³/mol. The van der Waals surface area contributed by atoms with E-state index >= 15 is 0 Å². The van der Waals surface area contributed by atoms with Crippen LogP contribution in [-0.4, -0.2) is 40.8 Å². The molecule has 2 amide bonds. The number of fused-ring (bicyclic) bond motifs is 1. The van der Waals surface area contributed by atoms with E-state index in [-0.39, 0.29) is 23.7 Å². The normalized spacial score (nSPS) is 16.2. The van der Waals surface area contributed by atoms with Crippen molar-refractivity contribution in [2.75, 3.05) is 13.1 Å². The number of carbonyl (C=O) groups is 2. The minimum atomic E-state index is -0.325. The summed E-state index contributed by atoms with van der Waals surface area (Å²) >= 11 is 1.42. The summed E-state index contributed by atoms with van der Waals surface area (Å²) in [5, 5.41) is 4.61. The van der Waals surface area contributed by atoms with Crippen LogP contribution in [0.1, 0.15) is 38.7 Å². The molecule has 0 spiro atoms. The van der Waals surface area contributed by atoms with Crippen LogP contribution in [0.2, 0.25) is 0 Å². The van der Waals surface area contributed by atoms with Crippen LogP contribution in [0.25, 0.3) is 21.4 Å². The lowest BCUT2D eigenvalue weighted by Gasteiger charge is -2.33. The molecule has 1 N–H and O–H groups in total. The van der Waals surface area contributed by atoms with Crippen molar-refractivity contribution in [3.63, 3.8) is 0 Å². The van der Waals surface area contributed by atoms with Gasteiger partial charge in [0.1, 0.15) is 17.1 Å². The van der Waals surface area contributed by atoms with E-state index in [1.54, 1.807) is 41.5 Å². The number of benzene rings is 2. The number of hydrogen-bond acceptors (Lipinski definition) is 5. The molecule has 0 radical (unpaired) electrons. The van der Waals surface area contributed by atoms with E-state index in [0.29, 0.717) is 29.9 Å². The van der Waals surface area contributed by atoms with Crippen molar-refractivity contribution in [1.82, 2.24) is 15.2 Å². The van der Waals surface area contributed by atoms with Gasteiger partial charge in [-0.3, -0.25) is 9.59 Å². The maximum absolute atomic E-state index is 13.4. The number of rotatable bonds is 4. The van der Waals surface area contributed by atoms with Gasteiger partial charge in [0.15, 0.2) is 0 Å². The standard InChI is InChI=1S/C25H22FN3O3S/c1-15-27-22(23(33-15)16-7-9-17(26)10-8-16)25(31)29-12-3-4-18(14-29)28-24(30)20-5-2-6-21-19(20)11-13-32-21/h2,5-11,13,18H,3-4,12,14H2,1H3,(H,28,30). The highest BCUT2D eigenvalue weighted by atomic mass is 32.1. The van der Waals surface area contributed by atoms with Gasteiger partial charge in [-0.25, -0.2) is 9.37 Å². The lowest BCUT2D eigenvalue weighted by atomic mass is 10.0. The number of nitrogens with one attached hydrogen (secondary N) is 1. The van der Waals surface area contributed by atoms with Crippen molar-refractivity contribution < 1.29 is 18.4 Å². The van der Waals surface area contributed by atoms with Gasteiger partial charge in [0.25, 0.3) is 11.8 Å². The summed E-state index contributed by atoms with van der Waals surface area (Å²) < 4.78 is 18.8. The number of aromatic nitrogens is 1. The number of halogens is 1. The Morgan fingerprint density at radius 1 is 1.18 bits per heavy atom. The van der Waals surface area contributed by atoms with Crippen LogP contribution in [-0.2, 0) is 0 Å². The molecule has 0 bridgehead atoms. The fourth-order valence-electron chi connectivity index (χ4n) is 4.25. The molecule has 1 atom stereocenters. The van der Waals surface area contributed by atoms with E-state index < -0.39 is 0 Å². The number of amides is 2. The minimum Gasteiger partial charge on any atom is -0.464 e. The maximum Gasteiger partial charge on any atom is 0.274 e. The molecule has 1 fully saturated rings. The van der Waals surface area contributed by atoms with Crippen LogP contribution in [0.5, 0.6) is 0 Å². The summed E-state index contributed by atoms with van der Waals surface area (Å²) in [6, 6.07) is 13.1. The van der Waals surface area contributed by atoms with E-state index in [1.165, 1.54) is 23.5 Å². The Morgan fingerprint density at radius 2 is 2.00 bits per heavy atom. The maximum atomic E-state index is 13.4. The number of furan rings is 1. The molecule has 3 heterocycles. The summed E-state index contributed by atoms with van der Waals surface area (Å²) in [5.41, 5.74) is 2.36. The highest BCUT2D eigenvalue weighted by Crippen LogP contribution is 2.32. The number of carbonyl (C=O) groups excluding carboxylic acids is 2. The van der Waals surface area contributed by atoms with Gasteiger partial charge < -0.3 is 14.6 Å². The van der Waals surface area contributed by atoms with Gasteiger partial charge in [0.05, 0.1) is 21.7 Å². The van der Waals surface area contributed by atoms with E-state index in [0.717, 1.165) is 33.7 Å². The van der Waals surface area contributed by atoms with Crippen LogP contribution in [0.4, 0.5) is 4.39 Å². The second-order valence-corrected chi connectivity index (χ2v) is 9.32. The molecule has 0 saturated carbocycles. The molecule has 2 aromatic carbocycles. The Labute approximate surface area is 194 Å². The van der Waals surface area contributed by atoms with Crippen LogP contribution in [0.15, 0.2) is 59.2 Å². The molecule has 1 aliphatic heterocycles. The lowest BCUT2D eigenvalue weighted by Crippen LogP contribution is -2.49. The monoisotopic (exact) mass is 463 g/mol. The minimum absolute atomic E-state index is 0.161. The molecule has 33 heavy (non-hydrogen) atoms. The molecule has 8 heteroatoms. The molecule has 168 valence electrons. The Hall–Kier alpha value is -3.52. The molecule has 6 nitrogen and oxygen atoms in total. The number of nitrogens with zero attached hydrogens (tertiary/aromatic N) is 2. The van der Waals surface area contributed by atoms with Gasteiger partial charge >= 0.3 is 0 Å². The van der Waals surface area contributed by atoms with Gasteiger partial charge in [-0.05, 0) is 55.7 Å². The quantitative estimate of drug-likeness (QED) is 0.460. The summed E-state index contributed by atoms with van der Waals surface area (Å²) in [7, 11) is 0. The predicted octanol–water partition coefficient (Wildman–Crippen LogP) is 5.04. The first-order valence-corrected chi connectivity index (χ1v) is 11.6. The second kappa shape index (κ2) is 8.78. The summed E-state index contributed by atoms with van der Waals surface area (Å²) in [6.07, 6.45) is 3.14. The van der Waals surface area contributed by atoms with Gasteiger partial charge in [-0.2, -0.15) is 0 Å². The van der Waals surface area contributed by atoms with Gasteiger partial charge in [-0.15, -0.1) is 11.3 Å². The van der Waals surface area contributed by atoms with Gasteiger partial charge in [0, 0.05) is 24.5 Å². The van der Waals surface area contributed by atoms with Crippen LogP contribution >= 0.6 is 11.3 Å². The zero-order valence-electron chi connectivity index (χ0n) is 18.0. The number of aryl methyl sites for hydroxylation is 1. The van der Waals surface area contributed by atoms with Gasteiger partial charge in [-0.1, -0.05) is 18.2 Å². The van der Waals surface area contributed by atoms with Crippen molar-refractivity contribution in [2.45, 2.75) is 25.8 Å². The Kier molecular flexibility index (Phi) is 5.68. The second-order valence-electron chi connectivity index (χ2n) is 8.12. The first-order chi connectivity index (χ1) is 16.0. The van der Waals surface area contributed by atoms with Gasteiger partial charge in [0.2, 0.25) is 0 Å². The van der Waals surface area contributed by atoms with E-state index in [1.807, 2.05) is 13.0 Å². The van der Waals surface area contributed by atoms with E-state index in [4.69, 9.17) is 4.42 Å². The molecular formula is C25H22FN3O3S. The molecular weight excluding hydrogens is 441 g/mol. The number of likely N-dealkylation sites (tertiary alicyclic amines) is 1. The van der Waals surface area contributed by atoms with Crippen molar-refractivity contribution >= 4 is 34.1 Å². The third-order valence-corrected chi connectivity index (χ3v) is 6.85. The van der Waals surface area contributed by atoms with Crippen LogP contribution in [0.3, 0.4) is 0 Å². The smallest absolute Gasteiger partial charge is 0.274 e. The van der Waals surface area contributed by atoms with Crippen molar-refractivity contribution in [2.24, 2.45) is 0 Å². The topological polar surface area (TPSA) is 75.4 Å². The fourth-order valence-corrected chi connectivity index (χ4v) is 5.17. The van der Waals surface area contributed by atoms with Crippen molar-refractivity contribution in [3.8, 4) is 10.4 Å². The molecule has 1 unspecified atom stereocenters. The molecule has 2 aromatic heterocycles. The zero-order valence-corrected chi connectivity index (χ0v) is 18.8. The Morgan fingerprint density at radius 3 is 2.82 bits per heavy atom. The van der Waals surface area contributed by atoms with Crippen molar-refractivity contribution in [1.29, 1.82) is 0 Å². The molecule has 4 aromatic rings. The Bertz CT molecular complexity index is 1330. The summed E-state index contributed by atoms with van der Waals surface area (Å²) in [5.74, 6) is -0.680. The molecule has 5 rings (SSSR count). The number of piperidine rings is 1. The zero-order chi connectivity index (χ0) is 22.9. The average Bonchev–Trinajstić information content (AvgIpc) is 3.45. The van der Waals surface area contributed by atoms with Crippen molar-refractivity contribution in [3.05, 3.63) is 76.9 Å². The molecule has 1 saturated heterocycles. The highest BCUT2D eigenvalue weighted by molar-refractivity contribution is 7.15. The number of hydrogen-bond donors (Lipinski definition) is 1. The lowest BCUT2D eigenvalue weighted by molar-refractivity contribution is 0.0672. The number of thiazole rings is 1. The first kappa shape index (κ1) is 21.3. The third kappa shape index (κ3) is 4.26. The van der Waals surface area contributed by atoms with Crippen LogP contribution in [0, 0.1) is 12.7 Å². The largest absolute Gasteiger partial charge is 0.464 e. The molecule has 0 aliphatic carbocycles. The summed E-state index contributed by atoms with van der Waals surface area (Å²) in [6.45, 7) is 2.86. The fraction of sp³-hybridized carbons (Fsp3) is 0.240. The Balaban J connectivity index is 1.33. The summed E-state index contributed by atoms with van der Waals surface area (Å²) in [4.78, 5) is 33.3. The van der Waals surface area contributed by atoms with E-state index in [2.05, 4.69) is 10.3 Å². The first-order valence-electron chi connectivity index (χ1n) is 10.8.